The zero-order valence-corrected chi connectivity index (χ0v) is 17.6. The number of nitrogens with zero attached hydrogens (tertiary/aromatic N) is 2. The lowest BCUT2D eigenvalue weighted by atomic mass is 10.1. The van der Waals surface area contributed by atoms with Gasteiger partial charge in [-0.2, -0.15) is 5.10 Å². The number of carbonyl (C=O) groups excluding carboxylic acids is 2. The summed E-state index contributed by atoms with van der Waals surface area (Å²) in [5, 5.41) is 13.6. The van der Waals surface area contributed by atoms with Crippen molar-refractivity contribution in [2.24, 2.45) is 0 Å². The van der Waals surface area contributed by atoms with Crippen molar-refractivity contribution in [1.82, 2.24) is 25.7 Å². The van der Waals surface area contributed by atoms with Crippen molar-refractivity contribution < 1.29 is 9.59 Å². The molecule has 158 valence electrons. The number of aromatic nitrogens is 2. The molecule has 0 radical (unpaired) electrons. The molecule has 3 N–H and O–H groups in total. The molecule has 1 aliphatic heterocycles. The van der Waals surface area contributed by atoms with Crippen LogP contribution in [0.1, 0.15) is 65.1 Å². The number of amides is 2. The van der Waals surface area contributed by atoms with E-state index in [0.717, 1.165) is 44.3 Å². The van der Waals surface area contributed by atoms with Crippen molar-refractivity contribution in [3.05, 3.63) is 53.3 Å². The lowest BCUT2D eigenvalue weighted by Gasteiger charge is -2.22. The molecule has 1 aliphatic rings. The number of piperidine rings is 1. The molecule has 0 saturated carbocycles. The van der Waals surface area contributed by atoms with E-state index in [2.05, 4.69) is 28.0 Å². The smallest absolute Gasteiger partial charge is 0.272 e. The van der Waals surface area contributed by atoms with Crippen LogP contribution >= 0.6 is 12.4 Å². The van der Waals surface area contributed by atoms with Crippen molar-refractivity contribution in [3.63, 3.8) is 0 Å². The Morgan fingerprint density at radius 3 is 2.66 bits per heavy atom. The molecule has 1 saturated heterocycles. The third-order valence-electron chi connectivity index (χ3n) is 4.97. The quantitative estimate of drug-likeness (QED) is 0.574. The van der Waals surface area contributed by atoms with E-state index in [-0.39, 0.29) is 24.2 Å². The Morgan fingerprint density at radius 2 is 1.97 bits per heavy atom. The van der Waals surface area contributed by atoms with E-state index < -0.39 is 0 Å². The molecule has 1 fully saturated rings. The average molecular weight is 420 g/mol. The minimum absolute atomic E-state index is 0. The van der Waals surface area contributed by atoms with E-state index in [1.165, 1.54) is 0 Å². The zero-order chi connectivity index (χ0) is 19.8. The highest BCUT2D eigenvalue weighted by Crippen LogP contribution is 2.15. The van der Waals surface area contributed by atoms with Crippen LogP contribution in [0.25, 0.3) is 0 Å². The number of benzene rings is 1. The van der Waals surface area contributed by atoms with Gasteiger partial charge < -0.3 is 16.0 Å². The minimum atomic E-state index is -0.191. The second-order valence-corrected chi connectivity index (χ2v) is 7.17. The molecule has 2 heterocycles. The largest absolute Gasteiger partial charge is 0.352 e. The van der Waals surface area contributed by atoms with Gasteiger partial charge in [-0.05, 0) is 49.6 Å². The molecule has 8 heteroatoms. The first-order valence-electron chi connectivity index (χ1n) is 10.1. The van der Waals surface area contributed by atoms with Gasteiger partial charge in [-0.3, -0.25) is 14.3 Å². The molecule has 0 bridgehead atoms. The molecule has 29 heavy (non-hydrogen) atoms. The van der Waals surface area contributed by atoms with Crippen molar-refractivity contribution in [2.45, 2.75) is 45.2 Å². The van der Waals surface area contributed by atoms with Crippen LogP contribution in [0.5, 0.6) is 0 Å². The maximum atomic E-state index is 12.4. The Balaban J connectivity index is 0.00000300. The maximum absolute atomic E-state index is 12.4. The Kier molecular flexibility index (Phi) is 9.15. The van der Waals surface area contributed by atoms with Gasteiger partial charge in [0, 0.05) is 31.4 Å². The van der Waals surface area contributed by atoms with Gasteiger partial charge in [0.15, 0.2) is 0 Å². The molecule has 2 amide bonds. The van der Waals surface area contributed by atoms with Crippen molar-refractivity contribution in [1.29, 1.82) is 0 Å². The van der Waals surface area contributed by atoms with Crippen LogP contribution < -0.4 is 16.0 Å². The number of carbonyl (C=O) groups is 2. The van der Waals surface area contributed by atoms with Gasteiger partial charge in [0.2, 0.25) is 0 Å². The summed E-state index contributed by atoms with van der Waals surface area (Å²) in [6.45, 7) is 5.11. The Morgan fingerprint density at radius 1 is 1.17 bits per heavy atom. The molecule has 3 rings (SSSR count). The number of halogens is 1. The zero-order valence-electron chi connectivity index (χ0n) is 16.8. The van der Waals surface area contributed by atoms with Gasteiger partial charge in [0.1, 0.15) is 5.69 Å². The number of nitrogens with one attached hydrogen (secondary N) is 3. The predicted molar refractivity (Wildman–Crippen MR) is 115 cm³/mol. The van der Waals surface area contributed by atoms with Crippen LogP contribution in [0.15, 0.2) is 36.5 Å². The fourth-order valence-electron chi connectivity index (χ4n) is 3.25. The SMILES string of the molecule is CCCCNC(=O)c1ccc(CNC(=O)c2ccn(C3CCCNC3)n2)cc1.Cl. The summed E-state index contributed by atoms with van der Waals surface area (Å²) < 4.78 is 1.88. The number of unbranched alkanes of at least 4 members (excludes halogenated alkanes) is 1. The van der Waals surface area contributed by atoms with E-state index in [4.69, 9.17) is 0 Å². The molecule has 1 unspecified atom stereocenters. The third-order valence-corrected chi connectivity index (χ3v) is 4.97. The van der Waals surface area contributed by atoms with E-state index in [0.29, 0.717) is 30.4 Å². The van der Waals surface area contributed by atoms with Gasteiger partial charge in [0.25, 0.3) is 11.8 Å². The molecule has 1 aromatic carbocycles. The summed E-state index contributed by atoms with van der Waals surface area (Å²) in [5.41, 5.74) is 2.00. The summed E-state index contributed by atoms with van der Waals surface area (Å²) >= 11 is 0. The first-order chi connectivity index (χ1) is 13.7. The van der Waals surface area contributed by atoms with E-state index in [1.807, 2.05) is 23.0 Å². The molecule has 1 aromatic heterocycles. The van der Waals surface area contributed by atoms with Crippen LogP contribution in [-0.4, -0.2) is 41.2 Å². The average Bonchev–Trinajstić information content (AvgIpc) is 3.23. The molecule has 7 nitrogen and oxygen atoms in total. The van der Waals surface area contributed by atoms with Crippen LogP contribution in [0, 0.1) is 0 Å². The fourth-order valence-corrected chi connectivity index (χ4v) is 3.25. The molecule has 2 aromatic rings. The lowest BCUT2D eigenvalue weighted by Crippen LogP contribution is -2.32. The summed E-state index contributed by atoms with van der Waals surface area (Å²) in [6.07, 6.45) is 6.10. The van der Waals surface area contributed by atoms with Crippen LogP contribution in [0.2, 0.25) is 0 Å². The maximum Gasteiger partial charge on any atom is 0.272 e. The van der Waals surface area contributed by atoms with Gasteiger partial charge in [-0.25, -0.2) is 0 Å². The summed E-state index contributed by atoms with van der Waals surface area (Å²) in [7, 11) is 0. The standard InChI is InChI=1S/C21H29N5O2.ClH/c1-2-3-12-23-20(27)17-8-6-16(7-9-17)14-24-21(28)19-10-13-26(25-19)18-5-4-11-22-15-18;/h6-10,13,18,22H,2-5,11-12,14-15H2,1H3,(H,23,27)(H,24,28);1H. The van der Waals surface area contributed by atoms with Gasteiger partial charge in [0.05, 0.1) is 6.04 Å². The molecule has 0 spiro atoms. The number of hydrogen-bond donors (Lipinski definition) is 3. The Labute approximate surface area is 178 Å². The lowest BCUT2D eigenvalue weighted by molar-refractivity contribution is 0.0938. The highest BCUT2D eigenvalue weighted by atomic mass is 35.5. The van der Waals surface area contributed by atoms with Crippen LogP contribution in [0.4, 0.5) is 0 Å². The Hall–Kier alpha value is -2.38. The number of hydrogen-bond acceptors (Lipinski definition) is 4. The van der Waals surface area contributed by atoms with E-state index in [1.54, 1.807) is 18.2 Å². The van der Waals surface area contributed by atoms with E-state index in [9.17, 15) is 9.59 Å². The molecule has 1 atom stereocenters. The monoisotopic (exact) mass is 419 g/mol. The summed E-state index contributed by atoms with van der Waals surface area (Å²) in [5.74, 6) is -0.254. The molecular weight excluding hydrogens is 390 g/mol. The van der Waals surface area contributed by atoms with Gasteiger partial charge >= 0.3 is 0 Å². The third kappa shape index (κ3) is 6.58. The van der Waals surface area contributed by atoms with Crippen molar-refractivity contribution in [3.8, 4) is 0 Å². The summed E-state index contributed by atoms with van der Waals surface area (Å²) in [6, 6.07) is 9.36. The summed E-state index contributed by atoms with van der Waals surface area (Å²) in [4.78, 5) is 24.4. The van der Waals surface area contributed by atoms with Crippen LogP contribution in [0.3, 0.4) is 0 Å². The van der Waals surface area contributed by atoms with Crippen molar-refractivity contribution in [2.75, 3.05) is 19.6 Å². The molecular formula is C21H30ClN5O2. The van der Waals surface area contributed by atoms with E-state index >= 15 is 0 Å². The Bertz CT molecular complexity index is 785. The second-order valence-electron chi connectivity index (χ2n) is 7.17. The van der Waals surface area contributed by atoms with Gasteiger partial charge in [-0.15, -0.1) is 12.4 Å². The first kappa shape index (κ1) is 22.9. The van der Waals surface area contributed by atoms with Gasteiger partial charge in [-0.1, -0.05) is 25.5 Å². The van der Waals surface area contributed by atoms with Crippen LogP contribution in [-0.2, 0) is 6.54 Å². The normalized spacial score (nSPS) is 16.0. The number of rotatable bonds is 8. The second kappa shape index (κ2) is 11.6. The predicted octanol–water partition coefficient (Wildman–Crippen LogP) is 2.69. The highest BCUT2D eigenvalue weighted by Gasteiger charge is 2.17. The highest BCUT2D eigenvalue weighted by molar-refractivity contribution is 5.94. The van der Waals surface area contributed by atoms with Crippen molar-refractivity contribution >= 4 is 24.2 Å². The molecule has 0 aliphatic carbocycles. The first-order valence-corrected chi connectivity index (χ1v) is 10.1. The fraction of sp³-hybridized carbons (Fsp3) is 0.476. The minimum Gasteiger partial charge on any atom is -0.352 e. The topological polar surface area (TPSA) is 88.0 Å².